The Labute approximate surface area is 114 Å². The van der Waals surface area contributed by atoms with E-state index in [-0.39, 0.29) is 18.8 Å². The molecule has 0 rings (SSSR count). The number of carboxylic acid groups (broad SMARTS) is 1. The number of hydrogen-bond donors (Lipinski definition) is 2. The van der Waals surface area contributed by atoms with Crippen molar-refractivity contribution in [2.75, 3.05) is 25.9 Å². The van der Waals surface area contributed by atoms with Crippen LogP contribution in [-0.2, 0) is 19.6 Å². The Balaban J connectivity index is 4.29. The molecule has 0 aromatic carbocycles. The second kappa shape index (κ2) is 8.11. The van der Waals surface area contributed by atoms with Crippen LogP contribution in [0.25, 0.3) is 0 Å². The zero-order chi connectivity index (χ0) is 15.1. The number of nitrogens with zero attached hydrogens (tertiary/aromatic N) is 1. The summed E-state index contributed by atoms with van der Waals surface area (Å²) in [6, 6.07) is 0. The quantitative estimate of drug-likeness (QED) is 0.617. The van der Waals surface area contributed by atoms with Crippen molar-refractivity contribution in [1.82, 2.24) is 9.62 Å². The minimum atomic E-state index is -3.40. The number of nitrogens with one attached hydrogen (secondary N) is 1. The number of carboxylic acids is 1. The molecule has 19 heavy (non-hydrogen) atoms. The number of carbonyl (C=O) groups excluding carboxylic acids is 1. The van der Waals surface area contributed by atoms with Crippen LogP contribution >= 0.6 is 0 Å². The van der Waals surface area contributed by atoms with Gasteiger partial charge in [0.25, 0.3) is 0 Å². The van der Waals surface area contributed by atoms with E-state index in [2.05, 4.69) is 5.32 Å². The van der Waals surface area contributed by atoms with Gasteiger partial charge in [0, 0.05) is 13.6 Å². The summed E-state index contributed by atoms with van der Waals surface area (Å²) in [6.45, 7) is 3.07. The second-order valence-corrected chi connectivity index (χ2v) is 6.65. The van der Waals surface area contributed by atoms with E-state index in [1.54, 1.807) is 0 Å². The number of sulfonamides is 1. The summed E-state index contributed by atoms with van der Waals surface area (Å²) in [4.78, 5) is 22.4. The third-order valence-electron chi connectivity index (χ3n) is 2.74. The predicted octanol–water partition coefficient (Wildman–Crippen LogP) is -0.115. The summed E-state index contributed by atoms with van der Waals surface area (Å²) in [7, 11) is -2.08. The Kier molecular flexibility index (Phi) is 7.62. The Bertz CT molecular complexity index is 407. The van der Waals surface area contributed by atoms with E-state index >= 15 is 0 Å². The zero-order valence-electron chi connectivity index (χ0n) is 11.5. The monoisotopic (exact) mass is 294 g/mol. The highest BCUT2D eigenvalue weighted by atomic mass is 32.2. The molecule has 0 saturated heterocycles. The van der Waals surface area contributed by atoms with E-state index in [1.165, 1.54) is 14.0 Å². The number of aliphatic carboxylic acids is 1. The van der Waals surface area contributed by atoms with Crippen molar-refractivity contribution in [2.45, 2.75) is 26.7 Å². The molecule has 0 aromatic heterocycles. The lowest BCUT2D eigenvalue weighted by Crippen LogP contribution is -2.41. The van der Waals surface area contributed by atoms with Gasteiger partial charge in [-0.3, -0.25) is 9.59 Å². The normalized spacial score (nSPS) is 13.3. The third kappa shape index (κ3) is 6.53. The van der Waals surface area contributed by atoms with Crippen LogP contribution in [0.15, 0.2) is 0 Å². The number of carbonyl (C=O) groups is 2. The van der Waals surface area contributed by atoms with Crippen LogP contribution in [-0.4, -0.2) is 55.6 Å². The lowest BCUT2D eigenvalue weighted by atomic mass is 10.0. The summed E-state index contributed by atoms with van der Waals surface area (Å²) in [5, 5.41) is 11.4. The molecule has 0 heterocycles. The van der Waals surface area contributed by atoms with E-state index in [1.807, 2.05) is 6.92 Å². The third-order valence-corrected chi connectivity index (χ3v) is 4.55. The maximum absolute atomic E-state index is 11.5. The molecule has 0 spiro atoms. The van der Waals surface area contributed by atoms with Gasteiger partial charge in [-0.05, 0) is 13.3 Å². The number of hydrogen-bond acceptors (Lipinski definition) is 4. The molecule has 0 aliphatic heterocycles. The molecule has 1 amide bonds. The van der Waals surface area contributed by atoms with E-state index in [4.69, 9.17) is 5.11 Å². The van der Waals surface area contributed by atoms with Crippen molar-refractivity contribution < 1.29 is 23.1 Å². The topological polar surface area (TPSA) is 104 Å². The van der Waals surface area contributed by atoms with Gasteiger partial charge in [0.2, 0.25) is 15.9 Å². The second-order valence-electron chi connectivity index (χ2n) is 4.28. The standard InChI is InChI=1S/C11H22N2O5S/c1-4-6-9(11(15)16)7-12-10(14)8-13(3)19(17,18)5-2/h9H,4-8H2,1-3H3,(H,12,14)(H,15,16). The van der Waals surface area contributed by atoms with Gasteiger partial charge < -0.3 is 10.4 Å². The molecule has 0 aliphatic carbocycles. The molecular weight excluding hydrogens is 272 g/mol. The SMILES string of the molecule is CCCC(CNC(=O)CN(C)S(=O)(=O)CC)C(=O)O. The molecule has 1 unspecified atom stereocenters. The Morgan fingerprint density at radius 1 is 1.32 bits per heavy atom. The first-order valence-electron chi connectivity index (χ1n) is 6.18. The van der Waals surface area contributed by atoms with Crippen LogP contribution in [0.3, 0.4) is 0 Å². The van der Waals surface area contributed by atoms with Crippen LogP contribution in [0.2, 0.25) is 0 Å². The number of likely N-dealkylation sites (N-methyl/N-ethyl adjacent to an activating group) is 1. The van der Waals surface area contributed by atoms with Crippen molar-refractivity contribution in [3.63, 3.8) is 0 Å². The fourth-order valence-electron chi connectivity index (χ4n) is 1.48. The molecule has 112 valence electrons. The van der Waals surface area contributed by atoms with Gasteiger partial charge in [-0.1, -0.05) is 13.3 Å². The predicted molar refractivity (Wildman–Crippen MR) is 71.1 cm³/mol. The molecule has 0 bridgehead atoms. The number of rotatable bonds is 9. The molecule has 0 aromatic rings. The smallest absolute Gasteiger partial charge is 0.308 e. The molecule has 7 nitrogen and oxygen atoms in total. The van der Waals surface area contributed by atoms with E-state index in [0.717, 1.165) is 4.31 Å². The molecule has 0 aliphatic rings. The Morgan fingerprint density at radius 2 is 1.89 bits per heavy atom. The average molecular weight is 294 g/mol. The van der Waals surface area contributed by atoms with Crippen LogP contribution in [0.1, 0.15) is 26.7 Å². The van der Waals surface area contributed by atoms with E-state index < -0.39 is 27.8 Å². The largest absolute Gasteiger partial charge is 0.481 e. The average Bonchev–Trinajstić information content (AvgIpc) is 2.33. The highest BCUT2D eigenvalue weighted by Gasteiger charge is 2.20. The molecule has 8 heteroatoms. The van der Waals surface area contributed by atoms with Gasteiger partial charge in [-0.25, -0.2) is 8.42 Å². The van der Waals surface area contributed by atoms with Gasteiger partial charge in [-0.2, -0.15) is 4.31 Å². The van der Waals surface area contributed by atoms with Crippen LogP contribution in [0.5, 0.6) is 0 Å². The summed E-state index contributed by atoms with van der Waals surface area (Å²) in [5.74, 6) is -2.18. The first kappa shape index (κ1) is 17.8. The lowest BCUT2D eigenvalue weighted by Gasteiger charge is -2.17. The van der Waals surface area contributed by atoms with Gasteiger partial charge in [0.15, 0.2) is 0 Å². The van der Waals surface area contributed by atoms with E-state index in [0.29, 0.717) is 12.8 Å². The maximum Gasteiger partial charge on any atom is 0.308 e. The van der Waals surface area contributed by atoms with Crippen LogP contribution < -0.4 is 5.32 Å². The zero-order valence-corrected chi connectivity index (χ0v) is 12.4. The Hall–Kier alpha value is -1.15. The maximum atomic E-state index is 11.5. The lowest BCUT2D eigenvalue weighted by molar-refractivity contribution is -0.141. The molecular formula is C11H22N2O5S. The minimum absolute atomic E-state index is 0.0159. The molecule has 2 N–H and O–H groups in total. The van der Waals surface area contributed by atoms with Crippen LogP contribution in [0.4, 0.5) is 0 Å². The fourth-order valence-corrected chi connectivity index (χ4v) is 2.23. The van der Waals surface area contributed by atoms with Crippen molar-refractivity contribution in [2.24, 2.45) is 5.92 Å². The van der Waals surface area contributed by atoms with Crippen molar-refractivity contribution in [3.8, 4) is 0 Å². The molecule has 0 radical (unpaired) electrons. The highest BCUT2D eigenvalue weighted by Crippen LogP contribution is 2.05. The van der Waals surface area contributed by atoms with Gasteiger partial charge in [0.1, 0.15) is 0 Å². The van der Waals surface area contributed by atoms with E-state index in [9.17, 15) is 18.0 Å². The minimum Gasteiger partial charge on any atom is -0.481 e. The van der Waals surface area contributed by atoms with Crippen molar-refractivity contribution in [3.05, 3.63) is 0 Å². The molecule has 0 fully saturated rings. The summed E-state index contributed by atoms with van der Waals surface area (Å²) >= 11 is 0. The summed E-state index contributed by atoms with van der Waals surface area (Å²) < 4.78 is 23.8. The molecule has 0 saturated carbocycles. The fraction of sp³-hybridized carbons (Fsp3) is 0.818. The van der Waals surface area contributed by atoms with Crippen LogP contribution in [0, 0.1) is 5.92 Å². The van der Waals surface area contributed by atoms with Crippen molar-refractivity contribution >= 4 is 21.9 Å². The summed E-state index contributed by atoms with van der Waals surface area (Å²) in [6.07, 6.45) is 1.18. The molecule has 1 atom stereocenters. The Morgan fingerprint density at radius 3 is 2.32 bits per heavy atom. The van der Waals surface area contributed by atoms with Gasteiger partial charge in [-0.15, -0.1) is 0 Å². The first-order valence-corrected chi connectivity index (χ1v) is 7.79. The van der Waals surface area contributed by atoms with Gasteiger partial charge >= 0.3 is 5.97 Å². The highest BCUT2D eigenvalue weighted by molar-refractivity contribution is 7.89. The van der Waals surface area contributed by atoms with Crippen molar-refractivity contribution in [1.29, 1.82) is 0 Å². The first-order chi connectivity index (χ1) is 8.74. The summed E-state index contributed by atoms with van der Waals surface area (Å²) in [5.41, 5.74) is 0. The van der Waals surface area contributed by atoms with Gasteiger partial charge in [0.05, 0.1) is 18.2 Å². The number of amides is 1.